The highest BCUT2D eigenvalue weighted by atomic mass is 19.2. The average molecular weight is 255 g/mol. The van der Waals surface area contributed by atoms with Crippen LogP contribution in [0.4, 0.5) is 24.5 Å². The van der Waals surface area contributed by atoms with E-state index in [1.807, 2.05) is 5.32 Å². The molecular weight excluding hydrogens is 247 g/mol. The molecule has 1 amide bonds. The van der Waals surface area contributed by atoms with Crippen LogP contribution in [0.1, 0.15) is 10.5 Å². The average Bonchev–Trinajstić information content (AvgIpc) is 2.72. The molecule has 0 saturated carbocycles. The lowest BCUT2D eigenvalue weighted by atomic mass is 10.2. The van der Waals surface area contributed by atoms with Gasteiger partial charge in [0.15, 0.2) is 11.6 Å². The Kier molecular flexibility index (Phi) is 2.97. The lowest BCUT2D eigenvalue weighted by Gasteiger charge is -2.06. The molecule has 94 valence electrons. The maximum absolute atomic E-state index is 13.3. The number of amides is 1. The lowest BCUT2D eigenvalue weighted by molar-refractivity contribution is 0.102. The number of benzene rings is 1. The topological polar surface area (TPSA) is 70.9 Å². The number of aromatic nitrogens is 1. The number of hydrogen-bond donors (Lipinski definition) is 3. The second-order valence-electron chi connectivity index (χ2n) is 3.55. The smallest absolute Gasteiger partial charge is 0.272 e. The minimum atomic E-state index is -1.38. The minimum Gasteiger partial charge on any atom is -0.397 e. The molecule has 0 spiro atoms. The van der Waals surface area contributed by atoms with Crippen molar-refractivity contribution in [2.45, 2.75) is 0 Å². The third-order valence-electron chi connectivity index (χ3n) is 2.19. The van der Waals surface area contributed by atoms with Crippen LogP contribution in [-0.4, -0.2) is 10.9 Å². The Hall–Kier alpha value is -2.44. The van der Waals surface area contributed by atoms with Gasteiger partial charge in [-0.25, -0.2) is 13.2 Å². The molecule has 2 aromatic rings. The van der Waals surface area contributed by atoms with E-state index in [2.05, 4.69) is 4.98 Å². The fraction of sp³-hybridized carbons (Fsp3) is 0. The van der Waals surface area contributed by atoms with Crippen molar-refractivity contribution in [2.75, 3.05) is 11.1 Å². The number of nitrogens with two attached hydrogens (primary N) is 1. The zero-order valence-corrected chi connectivity index (χ0v) is 8.93. The second-order valence-corrected chi connectivity index (χ2v) is 3.55. The summed E-state index contributed by atoms with van der Waals surface area (Å²) in [5.74, 6) is -4.45. The molecule has 0 aliphatic heterocycles. The van der Waals surface area contributed by atoms with Gasteiger partial charge in [0.25, 0.3) is 5.91 Å². The number of H-pyrrole nitrogens is 1. The van der Waals surface area contributed by atoms with E-state index in [4.69, 9.17) is 5.73 Å². The SMILES string of the molecule is Nc1c[nH]c(C(=O)Nc2cc(F)cc(F)c2F)c1. The molecule has 0 bridgehead atoms. The van der Waals surface area contributed by atoms with Gasteiger partial charge in [0.1, 0.15) is 11.5 Å². The number of carbonyl (C=O) groups excluding carboxylic acids is 1. The van der Waals surface area contributed by atoms with Crippen LogP contribution in [0.5, 0.6) is 0 Å². The fourth-order valence-corrected chi connectivity index (χ4v) is 1.38. The quantitative estimate of drug-likeness (QED) is 0.720. The highest BCUT2D eigenvalue weighted by Gasteiger charge is 2.15. The van der Waals surface area contributed by atoms with Crippen LogP contribution < -0.4 is 11.1 Å². The summed E-state index contributed by atoms with van der Waals surface area (Å²) < 4.78 is 39.1. The summed E-state index contributed by atoms with van der Waals surface area (Å²) in [5.41, 5.74) is 5.17. The number of halogens is 3. The molecule has 0 saturated heterocycles. The first-order chi connectivity index (χ1) is 8.47. The van der Waals surface area contributed by atoms with Crippen LogP contribution >= 0.6 is 0 Å². The highest BCUT2D eigenvalue weighted by molar-refractivity contribution is 6.03. The number of aromatic amines is 1. The van der Waals surface area contributed by atoms with Crippen molar-refractivity contribution in [3.63, 3.8) is 0 Å². The number of carbonyl (C=O) groups is 1. The first kappa shape index (κ1) is 12.0. The van der Waals surface area contributed by atoms with Crippen molar-refractivity contribution in [1.82, 2.24) is 4.98 Å². The van der Waals surface area contributed by atoms with Gasteiger partial charge in [0.2, 0.25) is 0 Å². The van der Waals surface area contributed by atoms with E-state index in [1.165, 1.54) is 12.3 Å². The fourth-order valence-electron chi connectivity index (χ4n) is 1.38. The van der Waals surface area contributed by atoms with Gasteiger partial charge in [-0.1, -0.05) is 0 Å². The Morgan fingerprint density at radius 3 is 2.56 bits per heavy atom. The first-order valence-corrected chi connectivity index (χ1v) is 4.87. The molecule has 0 unspecified atom stereocenters. The number of nitrogen functional groups attached to an aromatic ring is 1. The molecule has 7 heteroatoms. The van der Waals surface area contributed by atoms with Crippen molar-refractivity contribution >= 4 is 17.3 Å². The summed E-state index contributed by atoms with van der Waals surface area (Å²) in [7, 11) is 0. The molecule has 1 aromatic heterocycles. The Morgan fingerprint density at radius 2 is 1.94 bits per heavy atom. The van der Waals surface area contributed by atoms with Gasteiger partial charge in [0.05, 0.1) is 5.69 Å². The molecular formula is C11H8F3N3O. The number of anilines is 2. The number of nitrogens with one attached hydrogen (secondary N) is 2. The molecule has 0 aliphatic rings. The summed E-state index contributed by atoms with van der Waals surface area (Å²) in [6.07, 6.45) is 1.36. The Balaban J connectivity index is 2.27. The van der Waals surface area contributed by atoms with Crippen LogP contribution in [0.25, 0.3) is 0 Å². The molecule has 2 rings (SSSR count). The van der Waals surface area contributed by atoms with Crippen molar-refractivity contribution in [3.05, 3.63) is 47.5 Å². The Morgan fingerprint density at radius 1 is 1.22 bits per heavy atom. The molecule has 1 heterocycles. The van der Waals surface area contributed by atoms with Gasteiger partial charge in [-0.2, -0.15) is 0 Å². The van der Waals surface area contributed by atoms with E-state index in [9.17, 15) is 18.0 Å². The Labute approximate surface area is 99.6 Å². The van der Waals surface area contributed by atoms with Crippen molar-refractivity contribution < 1.29 is 18.0 Å². The summed E-state index contributed by atoms with van der Waals surface area (Å²) in [4.78, 5) is 14.1. The maximum atomic E-state index is 13.3. The van der Waals surface area contributed by atoms with Crippen molar-refractivity contribution in [2.24, 2.45) is 0 Å². The standard InChI is InChI=1S/C11H8F3N3O/c12-5-1-7(13)10(14)8(2-5)17-11(18)9-3-6(15)4-16-9/h1-4,16H,15H2,(H,17,18). The van der Waals surface area contributed by atoms with Gasteiger partial charge in [-0.3, -0.25) is 4.79 Å². The molecule has 0 aliphatic carbocycles. The molecule has 0 atom stereocenters. The maximum Gasteiger partial charge on any atom is 0.272 e. The van der Waals surface area contributed by atoms with E-state index in [1.54, 1.807) is 0 Å². The molecule has 4 N–H and O–H groups in total. The van der Waals surface area contributed by atoms with Crippen LogP contribution in [0, 0.1) is 17.5 Å². The molecule has 0 fully saturated rings. The third-order valence-corrected chi connectivity index (χ3v) is 2.19. The number of rotatable bonds is 2. The minimum absolute atomic E-state index is 0.0524. The Bertz CT molecular complexity index is 610. The normalized spacial score (nSPS) is 10.4. The van der Waals surface area contributed by atoms with E-state index >= 15 is 0 Å². The molecule has 0 radical (unpaired) electrons. The van der Waals surface area contributed by atoms with Gasteiger partial charge in [-0.15, -0.1) is 0 Å². The van der Waals surface area contributed by atoms with E-state index < -0.39 is 29.0 Å². The van der Waals surface area contributed by atoms with E-state index in [0.717, 1.165) is 0 Å². The van der Waals surface area contributed by atoms with Crippen molar-refractivity contribution in [3.8, 4) is 0 Å². The van der Waals surface area contributed by atoms with Gasteiger partial charge >= 0.3 is 0 Å². The van der Waals surface area contributed by atoms with E-state index in [-0.39, 0.29) is 5.69 Å². The molecule has 4 nitrogen and oxygen atoms in total. The predicted octanol–water partition coefficient (Wildman–Crippen LogP) is 2.27. The van der Waals surface area contributed by atoms with Crippen LogP contribution in [-0.2, 0) is 0 Å². The predicted molar refractivity (Wildman–Crippen MR) is 59.5 cm³/mol. The lowest BCUT2D eigenvalue weighted by Crippen LogP contribution is -2.14. The van der Waals surface area contributed by atoms with Crippen LogP contribution in [0.15, 0.2) is 24.4 Å². The van der Waals surface area contributed by atoms with Gasteiger partial charge < -0.3 is 16.0 Å². The summed E-state index contributed by atoms with van der Waals surface area (Å²) in [5, 5.41) is 2.04. The number of hydrogen-bond acceptors (Lipinski definition) is 2. The first-order valence-electron chi connectivity index (χ1n) is 4.87. The summed E-state index contributed by atoms with van der Waals surface area (Å²) in [6, 6.07) is 2.38. The summed E-state index contributed by atoms with van der Waals surface area (Å²) in [6.45, 7) is 0. The molecule has 1 aromatic carbocycles. The largest absolute Gasteiger partial charge is 0.397 e. The van der Waals surface area contributed by atoms with Crippen LogP contribution in [0.3, 0.4) is 0 Å². The zero-order valence-electron chi connectivity index (χ0n) is 8.93. The summed E-state index contributed by atoms with van der Waals surface area (Å²) >= 11 is 0. The van der Waals surface area contributed by atoms with Gasteiger partial charge in [0, 0.05) is 24.0 Å². The second kappa shape index (κ2) is 4.44. The molecule has 18 heavy (non-hydrogen) atoms. The monoisotopic (exact) mass is 255 g/mol. The van der Waals surface area contributed by atoms with Crippen molar-refractivity contribution in [1.29, 1.82) is 0 Å². The van der Waals surface area contributed by atoms with E-state index in [0.29, 0.717) is 17.8 Å². The third kappa shape index (κ3) is 2.29. The highest BCUT2D eigenvalue weighted by Crippen LogP contribution is 2.20. The van der Waals surface area contributed by atoms with Gasteiger partial charge in [-0.05, 0) is 6.07 Å². The zero-order chi connectivity index (χ0) is 13.3. The van der Waals surface area contributed by atoms with Crippen LogP contribution in [0.2, 0.25) is 0 Å².